The fourth-order valence-corrected chi connectivity index (χ4v) is 0.190. The van der Waals surface area contributed by atoms with Crippen molar-refractivity contribution in [3.63, 3.8) is 0 Å². The molecule has 0 heterocycles. The summed E-state index contributed by atoms with van der Waals surface area (Å²) < 4.78 is 0. The summed E-state index contributed by atoms with van der Waals surface area (Å²) in [5.74, 6) is 0.278. The van der Waals surface area contributed by atoms with E-state index >= 15 is 0 Å². The molecule has 0 spiro atoms. The fraction of sp³-hybridized carbons (Fsp3) is 0.833. The Hall–Kier alpha value is -0.530. The number of hydrogen-bond acceptors (Lipinski definition) is 1. The van der Waals surface area contributed by atoms with Crippen LogP contribution in [0.3, 0.4) is 0 Å². The molecule has 3 N–H and O–H groups in total. The van der Waals surface area contributed by atoms with Gasteiger partial charge in [0.15, 0.2) is 0 Å². The highest BCUT2D eigenvalue weighted by atomic mass is 14.7. The van der Waals surface area contributed by atoms with E-state index in [1.807, 2.05) is 20.8 Å². The predicted octanol–water partition coefficient (Wildman–Crippen LogP) is 1.36. The van der Waals surface area contributed by atoms with Crippen LogP contribution in [-0.2, 0) is 0 Å². The van der Waals surface area contributed by atoms with Gasteiger partial charge in [-0.3, -0.25) is 5.41 Å². The van der Waals surface area contributed by atoms with Gasteiger partial charge in [-0.2, -0.15) is 0 Å². The van der Waals surface area contributed by atoms with E-state index in [-0.39, 0.29) is 11.3 Å². The van der Waals surface area contributed by atoms with Crippen molar-refractivity contribution in [2.24, 2.45) is 11.1 Å². The lowest BCUT2D eigenvalue weighted by Gasteiger charge is -2.19. The molecule has 0 rings (SSSR count). The zero-order valence-electron chi connectivity index (χ0n) is 5.78. The highest BCUT2D eigenvalue weighted by Gasteiger charge is 2.17. The largest absolute Gasteiger partial charge is 0.387 e. The summed E-state index contributed by atoms with van der Waals surface area (Å²) in [6.07, 6.45) is 0.933. The smallest absolute Gasteiger partial charge is 0.0962 e. The normalized spacial score (nSPS) is 11.4. The number of nitrogens with two attached hydrogens (primary N) is 1. The lowest BCUT2D eigenvalue weighted by Crippen LogP contribution is -2.29. The molecule has 0 aromatic carbocycles. The standard InChI is InChI=1S/C6H14N2/c1-4-6(2,3)5(7)8/h4H2,1-3H3,(H3,7,8). The van der Waals surface area contributed by atoms with E-state index in [2.05, 4.69) is 0 Å². The van der Waals surface area contributed by atoms with Gasteiger partial charge in [0.25, 0.3) is 0 Å². The zero-order chi connectivity index (χ0) is 6.78. The Bertz CT molecular complexity index is 94.7. The van der Waals surface area contributed by atoms with E-state index in [0.29, 0.717) is 0 Å². The van der Waals surface area contributed by atoms with Crippen LogP contribution < -0.4 is 5.73 Å². The second-order valence-electron chi connectivity index (χ2n) is 2.65. The van der Waals surface area contributed by atoms with Crippen molar-refractivity contribution in [2.75, 3.05) is 0 Å². The highest BCUT2D eigenvalue weighted by Crippen LogP contribution is 2.17. The van der Waals surface area contributed by atoms with Gasteiger partial charge >= 0.3 is 0 Å². The molecule has 0 aliphatic carbocycles. The first-order valence-electron chi connectivity index (χ1n) is 2.85. The van der Waals surface area contributed by atoms with Gasteiger partial charge in [0, 0.05) is 5.41 Å². The molecular formula is C6H14N2. The van der Waals surface area contributed by atoms with Crippen LogP contribution in [0.5, 0.6) is 0 Å². The molecule has 0 aliphatic rings. The summed E-state index contributed by atoms with van der Waals surface area (Å²) in [7, 11) is 0. The van der Waals surface area contributed by atoms with Crippen molar-refractivity contribution in [3.05, 3.63) is 0 Å². The van der Waals surface area contributed by atoms with E-state index in [0.717, 1.165) is 6.42 Å². The fourth-order valence-electron chi connectivity index (χ4n) is 0.190. The highest BCUT2D eigenvalue weighted by molar-refractivity contribution is 5.82. The maximum atomic E-state index is 7.07. The van der Waals surface area contributed by atoms with E-state index in [9.17, 15) is 0 Å². The molecule has 0 saturated carbocycles. The Labute approximate surface area is 50.6 Å². The van der Waals surface area contributed by atoms with Crippen molar-refractivity contribution < 1.29 is 0 Å². The van der Waals surface area contributed by atoms with Gasteiger partial charge in [-0.1, -0.05) is 20.8 Å². The van der Waals surface area contributed by atoms with Gasteiger partial charge in [0.05, 0.1) is 5.84 Å². The molecule has 0 fully saturated rings. The molecule has 0 atom stereocenters. The van der Waals surface area contributed by atoms with E-state index < -0.39 is 0 Å². The molecule has 2 heteroatoms. The molecule has 0 amide bonds. The Morgan fingerprint density at radius 3 is 2.00 bits per heavy atom. The third kappa shape index (κ3) is 1.52. The van der Waals surface area contributed by atoms with Crippen LogP contribution in [0.25, 0.3) is 0 Å². The third-order valence-electron chi connectivity index (χ3n) is 1.61. The van der Waals surface area contributed by atoms with Crippen LogP contribution >= 0.6 is 0 Å². The predicted molar refractivity (Wildman–Crippen MR) is 36.0 cm³/mol. The molecule has 0 aromatic heterocycles. The molecule has 0 unspecified atom stereocenters. The molecular weight excluding hydrogens is 100 g/mol. The molecule has 0 bridgehead atoms. The Balaban J connectivity index is 3.91. The van der Waals surface area contributed by atoms with Crippen LogP contribution in [0.4, 0.5) is 0 Å². The van der Waals surface area contributed by atoms with Crippen LogP contribution in [-0.4, -0.2) is 5.84 Å². The second kappa shape index (κ2) is 2.16. The Morgan fingerprint density at radius 2 is 2.00 bits per heavy atom. The summed E-state index contributed by atoms with van der Waals surface area (Å²) in [6, 6.07) is 0. The number of hydrogen-bond donors (Lipinski definition) is 2. The van der Waals surface area contributed by atoms with Crippen molar-refractivity contribution in [1.82, 2.24) is 0 Å². The summed E-state index contributed by atoms with van der Waals surface area (Å²) in [6.45, 7) is 5.96. The van der Waals surface area contributed by atoms with Crippen molar-refractivity contribution in [2.45, 2.75) is 27.2 Å². The van der Waals surface area contributed by atoms with Gasteiger partial charge < -0.3 is 5.73 Å². The summed E-state index contributed by atoms with van der Waals surface area (Å²) in [5, 5.41) is 7.07. The minimum absolute atomic E-state index is 0.0972. The molecule has 0 radical (unpaired) electrons. The maximum absolute atomic E-state index is 7.07. The Morgan fingerprint density at radius 1 is 1.62 bits per heavy atom. The lowest BCUT2D eigenvalue weighted by atomic mass is 9.89. The molecule has 0 aliphatic heterocycles. The van der Waals surface area contributed by atoms with E-state index in [4.69, 9.17) is 11.1 Å². The van der Waals surface area contributed by atoms with Crippen LogP contribution in [0.2, 0.25) is 0 Å². The number of amidine groups is 1. The molecule has 2 nitrogen and oxygen atoms in total. The second-order valence-corrected chi connectivity index (χ2v) is 2.65. The summed E-state index contributed by atoms with van der Waals surface area (Å²) >= 11 is 0. The minimum atomic E-state index is -0.0972. The summed E-state index contributed by atoms with van der Waals surface area (Å²) in [5.41, 5.74) is 5.17. The van der Waals surface area contributed by atoms with Gasteiger partial charge in [-0.05, 0) is 6.42 Å². The SMILES string of the molecule is CCC(C)(C)C(=N)N. The third-order valence-corrected chi connectivity index (χ3v) is 1.61. The number of rotatable bonds is 2. The first-order chi connectivity index (χ1) is 3.50. The molecule has 0 aromatic rings. The van der Waals surface area contributed by atoms with Crippen molar-refractivity contribution >= 4 is 5.84 Å². The van der Waals surface area contributed by atoms with Crippen LogP contribution in [0, 0.1) is 10.8 Å². The molecule has 48 valence electrons. The van der Waals surface area contributed by atoms with Gasteiger partial charge in [-0.25, -0.2) is 0 Å². The van der Waals surface area contributed by atoms with Crippen molar-refractivity contribution in [3.8, 4) is 0 Å². The molecule has 8 heavy (non-hydrogen) atoms. The summed E-state index contributed by atoms with van der Waals surface area (Å²) in [4.78, 5) is 0. The van der Waals surface area contributed by atoms with Crippen LogP contribution in [0.15, 0.2) is 0 Å². The molecule has 0 saturated heterocycles. The lowest BCUT2D eigenvalue weighted by molar-refractivity contribution is 0.495. The van der Waals surface area contributed by atoms with Gasteiger partial charge in [-0.15, -0.1) is 0 Å². The number of nitrogens with one attached hydrogen (secondary N) is 1. The Kier molecular flexibility index (Phi) is 2.02. The average molecular weight is 114 g/mol. The monoisotopic (exact) mass is 114 g/mol. The van der Waals surface area contributed by atoms with Crippen LogP contribution in [0.1, 0.15) is 27.2 Å². The van der Waals surface area contributed by atoms with Gasteiger partial charge in [0.2, 0.25) is 0 Å². The first-order valence-corrected chi connectivity index (χ1v) is 2.85. The maximum Gasteiger partial charge on any atom is 0.0962 e. The first kappa shape index (κ1) is 7.47. The quantitative estimate of drug-likeness (QED) is 0.413. The van der Waals surface area contributed by atoms with E-state index in [1.165, 1.54) is 0 Å². The minimum Gasteiger partial charge on any atom is -0.387 e. The average Bonchev–Trinajstić information content (AvgIpc) is 1.67. The van der Waals surface area contributed by atoms with Crippen molar-refractivity contribution in [1.29, 1.82) is 5.41 Å². The zero-order valence-corrected chi connectivity index (χ0v) is 5.78. The topological polar surface area (TPSA) is 49.9 Å². The van der Waals surface area contributed by atoms with E-state index in [1.54, 1.807) is 0 Å². The van der Waals surface area contributed by atoms with Gasteiger partial charge in [0.1, 0.15) is 0 Å².